The number of para-hydroxylation sites is 1. The molecule has 0 spiro atoms. The van der Waals surface area contributed by atoms with E-state index in [1.807, 2.05) is 48.9 Å². The molecule has 0 fully saturated rings. The van der Waals surface area contributed by atoms with E-state index < -0.39 is 0 Å². The summed E-state index contributed by atoms with van der Waals surface area (Å²) in [7, 11) is 3.13. The second kappa shape index (κ2) is 6.43. The van der Waals surface area contributed by atoms with Crippen LogP contribution in [0.2, 0.25) is 0 Å². The summed E-state index contributed by atoms with van der Waals surface area (Å²) < 4.78 is 4.44. The van der Waals surface area contributed by atoms with Gasteiger partial charge >= 0.3 is 5.69 Å². The lowest BCUT2D eigenvalue weighted by atomic mass is 10.2. The lowest BCUT2D eigenvalue weighted by Gasteiger charge is -2.12. The first-order chi connectivity index (χ1) is 11.9. The van der Waals surface area contributed by atoms with Crippen LogP contribution in [0, 0.1) is 13.8 Å². The number of benzene rings is 1. The zero-order valence-electron chi connectivity index (χ0n) is 14.8. The average molecular weight is 339 g/mol. The minimum absolute atomic E-state index is 0.312. The maximum atomic E-state index is 12.0. The quantitative estimate of drug-likeness (QED) is 0.782. The van der Waals surface area contributed by atoms with Crippen molar-refractivity contribution in [3.8, 4) is 5.69 Å². The van der Waals surface area contributed by atoms with E-state index >= 15 is 0 Å². The Morgan fingerprint density at radius 1 is 1.04 bits per heavy atom. The summed E-state index contributed by atoms with van der Waals surface area (Å²) in [5.41, 5.74) is 3.69. The van der Waals surface area contributed by atoms with Crippen molar-refractivity contribution in [3.05, 3.63) is 74.3 Å². The van der Waals surface area contributed by atoms with Gasteiger partial charge in [-0.2, -0.15) is 5.10 Å². The lowest BCUT2D eigenvalue weighted by Crippen LogP contribution is -2.38. The Bertz CT molecular complexity index is 1030. The molecule has 0 atom stereocenters. The molecular weight excluding hydrogens is 318 g/mol. The van der Waals surface area contributed by atoms with Gasteiger partial charge in [-0.1, -0.05) is 18.2 Å². The van der Waals surface area contributed by atoms with Crippen LogP contribution in [0.1, 0.15) is 17.1 Å². The molecule has 2 aromatic heterocycles. The fourth-order valence-electron chi connectivity index (χ4n) is 2.85. The van der Waals surface area contributed by atoms with E-state index in [-0.39, 0.29) is 11.2 Å². The van der Waals surface area contributed by atoms with Gasteiger partial charge in [0.15, 0.2) is 0 Å². The number of nitrogens with zero attached hydrogens (tertiary/aromatic N) is 4. The van der Waals surface area contributed by atoms with E-state index in [0.29, 0.717) is 12.2 Å². The molecule has 3 rings (SSSR count). The minimum atomic E-state index is -0.335. The van der Waals surface area contributed by atoms with Crippen LogP contribution in [0.3, 0.4) is 0 Å². The van der Waals surface area contributed by atoms with Crippen LogP contribution in [0.4, 0.5) is 5.69 Å². The van der Waals surface area contributed by atoms with E-state index in [9.17, 15) is 9.59 Å². The molecule has 0 unspecified atom stereocenters. The lowest BCUT2D eigenvalue weighted by molar-refractivity contribution is 0.655. The summed E-state index contributed by atoms with van der Waals surface area (Å²) in [5.74, 6) is 0. The fraction of sp³-hybridized carbons (Fsp3) is 0.278. The van der Waals surface area contributed by atoms with Crippen LogP contribution < -0.4 is 16.6 Å². The molecular formula is C18H21N5O2. The summed E-state index contributed by atoms with van der Waals surface area (Å²) in [5, 5.41) is 7.90. The van der Waals surface area contributed by atoms with Gasteiger partial charge in [0.2, 0.25) is 0 Å². The molecule has 25 heavy (non-hydrogen) atoms. The first kappa shape index (κ1) is 16.8. The number of aryl methyl sites for hydroxylation is 1. The Morgan fingerprint density at radius 2 is 1.72 bits per heavy atom. The maximum Gasteiger partial charge on any atom is 0.330 e. The van der Waals surface area contributed by atoms with E-state index in [0.717, 1.165) is 27.3 Å². The highest BCUT2D eigenvalue weighted by Crippen LogP contribution is 2.23. The van der Waals surface area contributed by atoms with Crippen molar-refractivity contribution >= 4 is 5.69 Å². The summed E-state index contributed by atoms with van der Waals surface area (Å²) in [4.78, 5) is 23.9. The molecule has 2 heterocycles. The van der Waals surface area contributed by atoms with Crippen LogP contribution in [0.15, 0.2) is 46.0 Å². The normalized spacial score (nSPS) is 10.9. The molecule has 0 radical (unpaired) electrons. The Kier molecular flexibility index (Phi) is 4.31. The number of nitrogens with one attached hydrogen (secondary N) is 1. The fourth-order valence-corrected chi connectivity index (χ4v) is 2.85. The van der Waals surface area contributed by atoms with Crippen molar-refractivity contribution in [3.63, 3.8) is 0 Å². The van der Waals surface area contributed by atoms with E-state index in [2.05, 4.69) is 10.4 Å². The SMILES string of the molecule is Cc1nn(-c2ccccc2)c(C)c1NCc1cc(=O)n(C)c(=O)n1C. The highest BCUT2D eigenvalue weighted by molar-refractivity contribution is 5.54. The topological polar surface area (TPSA) is 73.8 Å². The summed E-state index contributed by atoms with van der Waals surface area (Å²) >= 11 is 0. The average Bonchev–Trinajstić information content (AvgIpc) is 2.90. The molecule has 0 saturated heterocycles. The van der Waals surface area contributed by atoms with Crippen LogP contribution >= 0.6 is 0 Å². The smallest absolute Gasteiger partial charge is 0.330 e. The predicted molar refractivity (Wildman–Crippen MR) is 97.3 cm³/mol. The molecule has 0 saturated carbocycles. The molecule has 130 valence electrons. The van der Waals surface area contributed by atoms with Crippen LogP contribution in [0.25, 0.3) is 5.69 Å². The van der Waals surface area contributed by atoms with Gasteiger partial charge < -0.3 is 5.32 Å². The number of hydrogen-bond acceptors (Lipinski definition) is 4. The van der Waals surface area contributed by atoms with Gasteiger partial charge in [-0.25, -0.2) is 9.48 Å². The van der Waals surface area contributed by atoms with Crippen molar-refractivity contribution in [1.82, 2.24) is 18.9 Å². The molecule has 0 aliphatic heterocycles. The monoisotopic (exact) mass is 339 g/mol. The van der Waals surface area contributed by atoms with Gasteiger partial charge in [0.25, 0.3) is 5.56 Å². The molecule has 7 nitrogen and oxygen atoms in total. The van der Waals surface area contributed by atoms with Crippen molar-refractivity contribution < 1.29 is 0 Å². The Morgan fingerprint density at radius 3 is 2.40 bits per heavy atom. The Hall–Kier alpha value is -3.09. The van der Waals surface area contributed by atoms with Crippen LogP contribution in [0.5, 0.6) is 0 Å². The third-order valence-corrected chi connectivity index (χ3v) is 4.36. The molecule has 0 aliphatic carbocycles. The number of anilines is 1. The number of aromatic nitrogens is 4. The van der Waals surface area contributed by atoms with Crippen molar-refractivity contribution in [2.75, 3.05) is 5.32 Å². The number of rotatable bonds is 4. The highest BCUT2D eigenvalue weighted by Gasteiger charge is 2.13. The van der Waals surface area contributed by atoms with E-state index in [1.54, 1.807) is 7.05 Å². The molecule has 1 aromatic carbocycles. The second-order valence-corrected chi connectivity index (χ2v) is 6.02. The molecule has 7 heteroatoms. The Balaban J connectivity index is 1.92. The molecule has 0 aliphatic rings. The first-order valence-electron chi connectivity index (χ1n) is 8.01. The maximum absolute atomic E-state index is 12.0. The molecule has 0 bridgehead atoms. The van der Waals surface area contributed by atoms with Gasteiger partial charge in [-0.15, -0.1) is 0 Å². The van der Waals surface area contributed by atoms with E-state index in [4.69, 9.17) is 0 Å². The first-order valence-corrected chi connectivity index (χ1v) is 8.01. The summed E-state index contributed by atoms with van der Waals surface area (Å²) in [6.45, 7) is 4.28. The second-order valence-electron chi connectivity index (χ2n) is 6.02. The zero-order chi connectivity index (χ0) is 18.1. The number of hydrogen-bond donors (Lipinski definition) is 1. The van der Waals surface area contributed by atoms with E-state index in [1.165, 1.54) is 17.7 Å². The standard InChI is InChI=1S/C18H21N5O2/c1-12-17(13(2)23(20-12)14-8-6-5-7-9-14)19-11-15-10-16(24)22(4)18(25)21(15)3/h5-10,19H,11H2,1-4H3. The molecule has 0 amide bonds. The zero-order valence-corrected chi connectivity index (χ0v) is 14.8. The largest absolute Gasteiger partial charge is 0.376 e. The van der Waals surface area contributed by atoms with Crippen molar-refractivity contribution in [2.24, 2.45) is 14.1 Å². The third kappa shape index (κ3) is 3.00. The minimum Gasteiger partial charge on any atom is -0.376 e. The molecule has 1 N–H and O–H groups in total. The van der Waals surface area contributed by atoms with Gasteiger partial charge in [-0.3, -0.25) is 13.9 Å². The summed E-state index contributed by atoms with van der Waals surface area (Å²) in [6, 6.07) is 11.4. The van der Waals surface area contributed by atoms with Crippen LogP contribution in [-0.2, 0) is 20.6 Å². The summed E-state index contributed by atoms with van der Waals surface area (Å²) in [6.07, 6.45) is 0. The third-order valence-electron chi connectivity index (χ3n) is 4.36. The Labute approximate surface area is 145 Å². The predicted octanol–water partition coefficient (Wildman–Crippen LogP) is 1.50. The van der Waals surface area contributed by atoms with Crippen molar-refractivity contribution in [2.45, 2.75) is 20.4 Å². The van der Waals surface area contributed by atoms with Gasteiger partial charge in [0.1, 0.15) is 0 Å². The van der Waals surface area contributed by atoms with Crippen LogP contribution in [-0.4, -0.2) is 18.9 Å². The highest BCUT2D eigenvalue weighted by atomic mass is 16.2. The van der Waals surface area contributed by atoms with Gasteiger partial charge in [-0.05, 0) is 26.0 Å². The molecule has 3 aromatic rings. The van der Waals surface area contributed by atoms with Gasteiger partial charge in [0, 0.05) is 25.9 Å². The van der Waals surface area contributed by atoms with Gasteiger partial charge in [0.05, 0.1) is 29.3 Å². The van der Waals surface area contributed by atoms with Crippen molar-refractivity contribution in [1.29, 1.82) is 0 Å².